The summed E-state index contributed by atoms with van der Waals surface area (Å²) in [6, 6.07) is 0. The van der Waals surface area contributed by atoms with Crippen molar-refractivity contribution in [1.29, 1.82) is 0 Å². The van der Waals surface area contributed by atoms with Gasteiger partial charge < -0.3 is 93.3 Å². The molecule has 20 atom stereocenters. The lowest BCUT2D eigenvalue weighted by atomic mass is 9.96. The van der Waals surface area contributed by atoms with Gasteiger partial charge in [0.1, 0.15) is 97.7 Å². The molecule has 0 spiro atoms. The van der Waals surface area contributed by atoms with Gasteiger partial charge in [-0.15, -0.1) is 0 Å². The summed E-state index contributed by atoms with van der Waals surface area (Å²) in [6.07, 6.45) is -25.7. The highest BCUT2D eigenvalue weighted by molar-refractivity contribution is 5.01. The van der Waals surface area contributed by atoms with Crippen molar-refractivity contribution >= 4 is 0 Å². The van der Waals surface area contributed by atoms with E-state index in [2.05, 4.69) is 0 Å². The first-order chi connectivity index (χ1) is 21.1. The largest absolute Gasteiger partial charge is 0.394 e. The third-order valence-electron chi connectivity index (χ3n) is 8.95. The van der Waals surface area contributed by atoms with Crippen LogP contribution in [0.25, 0.3) is 0 Å². The molecule has 0 aromatic rings. The molecule has 0 aromatic heterocycles. The quantitative estimate of drug-likeness (QED) is 0.113. The highest BCUT2D eigenvalue weighted by Crippen LogP contribution is 2.39. The van der Waals surface area contributed by atoms with Gasteiger partial charge in [0, 0.05) is 7.11 Å². The third kappa shape index (κ3) is 5.81. The predicted molar refractivity (Wildman–Crippen MR) is 132 cm³/mol. The van der Waals surface area contributed by atoms with E-state index in [0.717, 1.165) is 0 Å². The minimum absolute atomic E-state index is 0.00117. The Morgan fingerprint density at radius 3 is 1.70 bits per heavy atom. The molecule has 0 amide bonds. The molecule has 4 bridgehead atoms. The molecule has 0 saturated carbocycles. The summed E-state index contributed by atoms with van der Waals surface area (Å²) < 4.78 is 57.1. The van der Waals surface area contributed by atoms with E-state index < -0.39 is 136 Å². The minimum Gasteiger partial charge on any atom is -0.394 e. The van der Waals surface area contributed by atoms with Crippen LogP contribution in [0.4, 0.5) is 0 Å². The van der Waals surface area contributed by atoms with Crippen molar-refractivity contribution in [2.24, 2.45) is 0 Å². The molecule has 44 heavy (non-hydrogen) atoms. The lowest BCUT2D eigenvalue weighted by molar-refractivity contribution is -0.373. The van der Waals surface area contributed by atoms with Crippen molar-refractivity contribution in [3.8, 4) is 0 Å². The van der Waals surface area contributed by atoms with Gasteiger partial charge in [-0.2, -0.15) is 0 Å². The Kier molecular flexibility index (Phi) is 10.1. The van der Waals surface area contributed by atoms with E-state index in [9.17, 15) is 46.0 Å². The van der Waals surface area contributed by atoms with Crippen molar-refractivity contribution in [3.05, 3.63) is 0 Å². The zero-order chi connectivity index (χ0) is 31.4. The molecule has 0 radical (unpaired) electrons. The van der Waals surface area contributed by atoms with Gasteiger partial charge in [0.05, 0.1) is 26.4 Å². The summed E-state index contributed by atoms with van der Waals surface area (Å²) in [5.74, 6) is 0. The summed E-state index contributed by atoms with van der Waals surface area (Å²) in [7, 11) is 1.33. The maximum absolute atomic E-state index is 11.2. The molecule has 6 heterocycles. The van der Waals surface area contributed by atoms with Crippen molar-refractivity contribution in [3.63, 3.8) is 0 Å². The smallest absolute Gasteiger partial charge is 0.187 e. The number of aliphatic hydroxyl groups excluding tert-OH is 9. The fourth-order valence-electron chi connectivity index (χ4n) is 6.50. The number of methoxy groups -OCH3 is 1. The fourth-order valence-corrected chi connectivity index (χ4v) is 6.50. The van der Waals surface area contributed by atoms with Crippen LogP contribution in [0.5, 0.6) is 0 Å². The van der Waals surface area contributed by atoms with Crippen molar-refractivity contribution in [1.82, 2.24) is 0 Å². The van der Waals surface area contributed by atoms with Gasteiger partial charge in [0.25, 0.3) is 0 Å². The standard InChI is InChI=1S/C25H40O19/c1-35-21-20-17(43-23-13(31)12(30)10(28)6(2-26)39-23)9(5-37-20)41-25(21)44-18-11(29)7(3-27)40-24(15(18)33)42-16-8-4-36-19(16)14(32)22(34)38-8/h6-34H,2-5H2,1H3/t6-,7-,8+,9+,10+,11-,12+,13-,14+,15-,16+,17+,18+,19+,20+,21+,22-,23+,24+,25+/m1/s1. The molecule has 0 aromatic carbocycles. The van der Waals surface area contributed by atoms with E-state index in [1.807, 2.05) is 0 Å². The van der Waals surface area contributed by atoms with Crippen LogP contribution in [0.2, 0.25) is 0 Å². The zero-order valence-corrected chi connectivity index (χ0v) is 23.5. The lowest BCUT2D eigenvalue weighted by Gasteiger charge is -2.47. The monoisotopic (exact) mass is 644 g/mol. The molecule has 19 nitrogen and oxygen atoms in total. The third-order valence-corrected chi connectivity index (χ3v) is 8.95. The maximum atomic E-state index is 11.2. The van der Waals surface area contributed by atoms with E-state index in [-0.39, 0.29) is 13.2 Å². The van der Waals surface area contributed by atoms with Crippen LogP contribution in [0.15, 0.2) is 0 Å². The molecule has 254 valence electrons. The highest BCUT2D eigenvalue weighted by Gasteiger charge is 2.59. The topological polar surface area (TPSA) is 274 Å². The summed E-state index contributed by atoms with van der Waals surface area (Å²) in [5, 5.41) is 92.3. The first kappa shape index (κ1) is 33.2. The average Bonchev–Trinajstić information content (AvgIpc) is 3.48. The molecule has 19 heteroatoms. The zero-order valence-electron chi connectivity index (χ0n) is 23.5. The Hall–Kier alpha value is -0.760. The molecular weight excluding hydrogens is 604 g/mol. The molecule has 0 aliphatic carbocycles. The molecule has 6 rings (SSSR count). The van der Waals surface area contributed by atoms with Crippen LogP contribution in [-0.4, -0.2) is 202 Å². The highest BCUT2D eigenvalue weighted by atomic mass is 16.8. The molecule has 6 saturated heterocycles. The Bertz CT molecular complexity index is 960. The van der Waals surface area contributed by atoms with Crippen LogP contribution in [0.3, 0.4) is 0 Å². The van der Waals surface area contributed by atoms with Crippen LogP contribution >= 0.6 is 0 Å². The van der Waals surface area contributed by atoms with Crippen LogP contribution in [0, 0.1) is 0 Å². The van der Waals surface area contributed by atoms with Gasteiger partial charge in [-0.1, -0.05) is 0 Å². The van der Waals surface area contributed by atoms with Gasteiger partial charge in [-0.3, -0.25) is 0 Å². The van der Waals surface area contributed by atoms with Gasteiger partial charge in [0.15, 0.2) is 25.2 Å². The molecular formula is C25H40O19. The number of hydrogen-bond acceptors (Lipinski definition) is 19. The van der Waals surface area contributed by atoms with E-state index in [1.54, 1.807) is 0 Å². The van der Waals surface area contributed by atoms with Crippen molar-refractivity contribution in [2.45, 2.75) is 123 Å². The predicted octanol–water partition coefficient (Wildman–Crippen LogP) is -7.00. The summed E-state index contributed by atoms with van der Waals surface area (Å²) in [6.45, 7) is -1.35. The first-order valence-corrected chi connectivity index (χ1v) is 14.4. The summed E-state index contributed by atoms with van der Waals surface area (Å²) in [4.78, 5) is 0. The van der Waals surface area contributed by atoms with Crippen LogP contribution in [0.1, 0.15) is 0 Å². The van der Waals surface area contributed by atoms with Gasteiger partial charge in [-0.05, 0) is 0 Å². The van der Waals surface area contributed by atoms with Crippen LogP contribution in [-0.2, 0) is 47.4 Å². The Balaban J connectivity index is 1.14. The summed E-state index contributed by atoms with van der Waals surface area (Å²) in [5.41, 5.74) is 0. The van der Waals surface area contributed by atoms with Crippen molar-refractivity contribution in [2.75, 3.05) is 33.5 Å². The Labute approximate surface area is 250 Å². The van der Waals surface area contributed by atoms with E-state index in [0.29, 0.717) is 0 Å². The second-order valence-corrected chi connectivity index (χ2v) is 11.6. The van der Waals surface area contributed by atoms with E-state index in [4.69, 9.17) is 47.4 Å². The van der Waals surface area contributed by atoms with Gasteiger partial charge in [-0.25, -0.2) is 0 Å². The number of aliphatic hydroxyl groups is 9. The van der Waals surface area contributed by atoms with E-state index >= 15 is 0 Å². The Morgan fingerprint density at radius 2 is 1.07 bits per heavy atom. The minimum atomic E-state index is -1.67. The van der Waals surface area contributed by atoms with Gasteiger partial charge in [0.2, 0.25) is 0 Å². The van der Waals surface area contributed by atoms with E-state index in [1.165, 1.54) is 7.11 Å². The molecule has 9 N–H and O–H groups in total. The maximum Gasteiger partial charge on any atom is 0.187 e. The second kappa shape index (κ2) is 13.4. The normalized spacial score (nSPS) is 55.8. The number of fused-ring (bicyclic) bond motifs is 4. The fraction of sp³-hybridized carbons (Fsp3) is 1.00. The van der Waals surface area contributed by atoms with Crippen LogP contribution < -0.4 is 0 Å². The summed E-state index contributed by atoms with van der Waals surface area (Å²) >= 11 is 0. The lowest BCUT2D eigenvalue weighted by Crippen LogP contribution is -2.66. The molecule has 0 unspecified atom stereocenters. The average molecular weight is 645 g/mol. The molecule has 6 aliphatic rings. The number of rotatable bonds is 9. The van der Waals surface area contributed by atoms with Crippen molar-refractivity contribution < 1.29 is 93.3 Å². The Morgan fingerprint density at radius 1 is 0.523 bits per heavy atom. The first-order valence-electron chi connectivity index (χ1n) is 14.4. The molecule has 6 fully saturated rings. The SMILES string of the molecule is CO[C@@H]1[C@H](O[C@@H]2[C@@H](O)[C@H](O[C@@H]3[C@H]4OC[C@@H]3O[C@@H](O)[C@H]4O)O[C@H](CO)[C@H]2O)O[C@H]2CO[C@H]1[C@H]2O[C@@H]1O[C@H](CO)[C@H](O)[C@H](O)[C@H]1O. The number of hydrogen-bond donors (Lipinski definition) is 9. The second-order valence-electron chi connectivity index (χ2n) is 11.6. The van der Waals surface area contributed by atoms with Gasteiger partial charge >= 0.3 is 0 Å². The molecule has 6 aliphatic heterocycles. The number of ether oxygens (including phenoxy) is 10.